The summed E-state index contributed by atoms with van der Waals surface area (Å²) in [7, 11) is 0. The highest BCUT2D eigenvalue weighted by atomic mass is 127. The van der Waals surface area contributed by atoms with Crippen molar-refractivity contribution in [1.29, 1.82) is 0 Å². The van der Waals surface area contributed by atoms with Crippen LogP contribution in [0.2, 0.25) is 0 Å². The molecular weight excluding hydrogens is 389 g/mol. The van der Waals surface area contributed by atoms with Crippen molar-refractivity contribution in [1.82, 2.24) is 5.16 Å². The topological polar surface area (TPSA) is 35.3 Å². The van der Waals surface area contributed by atoms with Gasteiger partial charge in [0.1, 0.15) is 18.1 Å². The minimum atomic E-state index is 0.476. The Morgan fingerprint density at radius 3 is 2.09 bits per heavy atom. The molecule has 0 N–H and O–H groups in total. The van der Waals surface area contributed by atoms with E-state index >= 15 is 0 Å². The second kappa shape index (κ2) is 6.52. The molecule has 3 aromatic rings. The normalized spacial score (nSPS) is 10.7. The predicted octanol–water partition coefficient (Wildman–Crippen LogP) is 5.14. The Morgan fingerprint density at radius 1 is 0.955 bits per heavy atom. The van der Waals surface area contributed by atoms with Crippen molar-refractivity contribution in [2.24, 2.45) is 0 Å². The van der Waals surface area contributed by atoms with E-state index in [1.807, 2.05) is 26.0 Å². The zero-order valence-electron chi connectivity index (χ0n) is 12.5. The Morgan fingerprint density at radius 2 is 1.55 bits per heavy atom. The molecule has 0 atom stereocenters. The smallest absolute Gasteiger partial charge is 0.140 e. The number of rotatable bonds is 4. The van der Waals surface area contributed by atoms with Crippen LogP contribution in [0.1, 0.15) is 17.0 Å². The van der Waals surface area contributed by atoms with Gasteiger partial charge in [0, 0.05) is 3.57 Å². The first-order valence-corrected chi connectivity index (χ1v) is 8.12. The molecule has 0 spiro atoms. The van der Waals surface area contributed by atoms with E-state index in [4.69, 9.17) is 9.26 Å². The second-order valence-corrected chi connectivity index (χ2v) is 6.37. The van der Waals surface area contributed by atoms with Gasteiger partial charge in [0.05, 0.1) is 11.3 Å². The predicted molar refractivity (Wildman–Crippen MR) is 94.9 cm³/mol. The van der Waals surface area contributed by atoms with Gasteiger partial charge in [-0.05, 0) is 71.8 Å². The molecule has 1 aromatic heterocycles. The van der Waals surface area contributed by atoms with Crippen molar-refractivity contribution < 1.29 is 9.26 Å². The first-order chi connectivity index (χ1) is 10.6. The van der Waals surface area contributed by atoms with E-state index in [1.165, 1.54) is 14.7 Å². The van der Waals surface area contributed by atoms with Gasteiger partial charge in [0.2, 0.25) is 0 Å². The standard InChI is InChI=1S/C18H16INO2/c1-12-18(13(2)22-20-12)11-21-17-9-5-15(6-10-17)14-3-7-16(19)8-4-14/h3-10H,11H2,1-2H3. The maximum atomic E-state index is 5.82. The molecule has 0 unspecified atom stereocenters. The molecule has 4 heteroatoms. The van der Waals surface area contributed by atoms with Crippen LogP contribution in [-0.2, 0) is 6.61 Å². The fraction of sp³-hybridized carbons (Fsp3) is 0.167. The molecule has 0 bridgehead atoms. The number of benzene rings is 2. The highest BCUT2D eigenvalue weighted by molar-refractivity contribution is 14.1. The lowest BCUT2D eigenvalue weighted by Crippen LogP contribution is -1.97. The number of ether oxygens (including phenoxy) is 1. The molecule has 2 aromatic carbocycles. The van der Waals surface area contributed by atoms with Gasteiger partial charge in [-0.3, -0.25) is 0 Å². The average Bonchev–Trinajstić information content (AvgIpc) is 2.85. The van der Waals surface area contributed by atoms with Crippen molar-refractivity contribution in [3.8, 4) is 16.9 Å². The third kappa shape index (κ3) is 3.32. The number of aryl methyl sites for hydroxylation is 2. The van der Waals surface area contributed by atoms with E-state index in [0.29, 0.717) is 6.61 Å². The highest BCUT2D eigenvalue weighted by Crippen LogP contribution is 2.24. The van der Waals surface area contributed by atoms with Gasteiger partial charge in [-0.1, -0.05) is 29.4 Å². The summed E-state index contributed by atoms with van der Waals surface area (Å²) in [4.78, 5) is 0. The van der Waals surface area contributed by atoms with Gasteiger partial charge in [-0.25, -0.2) is 0 Å². The van der Waals surface area contributed by atoms with E-state index in [9.17, 15) is 0 Å². The van der Waals surface area contributed by atoms with Crippen molar-refractivity contribution in [3.63, 3.8) is 0 Å². The fourth-order valence-corrected chi connectivity index (χ4v) is 2.61. The second-order valence-electron chi connectivity index (χ2n) is 5.12. The molecule has 0 aliphatic carbocycles. The number of hydrogen-bond donors (Lipinski definition) is 0. The molecule has 0 aliphatic rings. The number of halogens is 1. The zero-order valence-corrected chi connectivity index (χ0v) is 14.6. The van der Waals surface area contributed by atoms with Gasteiger partial charge in [-0.2, -0.15) is 0 Å². The van der Waals surface area contributed by atoms with Crippen LogP contribution in [-0.4, -0.2) is 5.16 Å². The lowest BCUT2D eigenvalue weighted by molar-refractivity contribution is 0.302. The van der Waals surface area contributed by atoms with Gasteiger partial charge >= 0.3 is 0 Å². The molecular formula is C18H16INO2. The summed E-state index contributed by atoms with van der Waals surface area (Å²) in [6.07, 6.45) is 0. The summed E-state index contributed by atoms with van der Waals surface area (Å²) in [6.45, 7) is 4.30. The first kappa shape index (κ1) is 15.1. The molecule has 0 radical (unpaired) electrons. The van der Waals surface area contributed by atoms with Crippen molar-refractivity contribution in [2.75, 3.05) is 0 Å². The largest absolute Gasteiger partial charge is 0.489 e. The van der Waals surface area contributed by atoms with Crippen LogP contribution in [0, 0.1) is 17.4 Å². The highest BCUT2D eigenvalue weighted by Gasteiger charge is 2.09. The summed E-state index contributed by atoms with van der Waals surface area (Å²) in [5, 5.41) is 3.93. The minimum Gasteiger partial charge on any atom is -0.489 e. The van der Waals surface area contributed by atoms with E-state index < -0.39 is 0 Å². The van der Waals surface area contributed by atoms with Crippen molar-refractivity contribution >= 4 is 22.6 Å². The summed E-state index contributed by atoms with van der Waals surface area (Å²) < 4.78 is 12.2. The molecule has 1 heterocycles. The third-order valence-corrected chi connectivity index (χ3v) is 4.32. The molecule has 0 saturated heterocycles. The first-order valence-electron chi connectivity index (χ1n) is 7.04. The summed E-state index contributed by atoms with van der Waals surface area (Å²) >= 11 is 2.31. The lowest BCUT2D eigenvalue weighted by Gasteiger charge is -2.07. The van der Waals surface area contributed by atoms with Gasteiger partial charge in [0.25, 0.3) is 0 Å². The molecule has 22 heavy (non-hydrogen) atoms. The van der Waals surface area contributed by atoms with Gasteiger partial charge in [0.15, 0.2) is 0 Å². The van der Waals surface area contributed by atoms with Gasteiger partial charge < -0.3 is 9.26 Å². The SMILES string of the molecule is Cc1noc(C)c1COc1ccc(-c2ccc(I)cc2)cc1. The van der Waals surface area contributed by atoms with E-state index in [-0.39, 0.29) is 0 Å². The molecule has 0 amide bonds. The quantitative estimate of drug-likeness (QED) is 0.564. The van der Waals surface area contributed by atoms with Crippen molar-refractivity contribution in [3.05, 3.63) is 69.1 Å². The van der Waals surface area contributed by atoms with Crippen LogP contribution in [0.25, 0.3) is 11.1 Å². The number of aromatic nitrogens is 1. The Hall–Kier alpha value is -1.82. The number of hydrogen-bond acceptors (Lipinski definition) is 3. The summed E-state index contributed by atoms with van der Waals surface area (Å²) in [6, 6.07) is 16.6. The van der Waals surface area contributed by atoms with Crippen LogP contribution in [0.4, 0.5) is 0 Å². The van der Waals surface area contributed by atoms with Crippen LogP contribution in [0.3, 0.4) is 0 Å². The Kier molecular flexibility index (Phi) is 4.47. The monoisotopic (exact) mass is 405 g/mol. The third-order valence-electron chi connectivity index (χ3n) is 3.60. The van der Waals surface area contributed by atoms with Crippen LogP contribution in [0.15, 0.2) is 53.1 Å². The van der Waals surface area contributed by atoms with Gasteiger partial charge in [-0.15, -0.1) is 0 Å². The van der Waals surface area contributed by atoms with Crippen LogP contribution >= 0.6 is 22.6 Å². The van der Waals surface area contributed by atoms with E-state index in [0.717, 1.165) is 22.8 Å². The van der Waals surface area contributed by atoms with E-state index in [2.05, 4.69) is 64.1 Å². The van der Waals surface area contributed by atoms with Crippen LogP contribution < -0.4 is 4.74 Å². The summed E-state index contributed by atoms with van der Waals surface area (Å²) in [5.41, 5.74) is 4.29. The molecule has 3 rings (SSSR count). The minimum absolute atomic E-state index is 0.476. The molecule has 0 saturated carbocycles. The average molecular weight is 405 g/mol. The fourth-order valence-electron chi connectivity index (χ4n) is 2.25. The molecule has 0 aliphatic heterocycles. The Labute approximate surface area is 143 Å². The van der Waals surface area contributed by atoms with Crippen LogP contribution in [0.5, 0.6) is 5.75 Å². The Bertz CT molecular complexity index is 741. The lowest BCUT2D eigenvalue weighted by atomic mass is 10.1. The molecule has 3 nitrogen and oxygen atoms in total. The zero-order chi connectivity index (χ0) is 15.5. The number of nitrogens with zero attached hydrogens (tertiary/aromatic N) is 1. The maximum absolute atomic E-state index is 5.82. The van der Waals surface area contributed by atoms with E-state index in [1.54, 1.807) is 0 Å². The summed E-state index contributed by atoms with van der Waals surface area (Å²) in [5.74, 6) is 1.65. The Balaban J connectivity index is 1.70. The molecule has 0 fully saturated rings. The van der Waals surface area contributed by atoms with Crippen molar-refractivity contribution in [2.45, 2.75) is 20.5 Å². The maximum Gasteiger partial charge on any atom is 0.140 e. The molecule has 112 valence electrons.